The number of aromatic nitrogens is 1. The van der Waals surface area contributed by atoms with Crippen LogP contribution in [0.3, 0.4) is 0 Å². The van der Waals surface area contributed by atoms with Gasteiger partial charge in [0.05, 0.1) is 4.90 Å². The fourth-order valence-electron chi connectivity index (χ4n) is 1.42. The summed E-state index contributed by atoms with van der Waals surface area (Å²) in [5, 5.41) is 0.677. The molecule has 16 heavy (non-hydrogen) atoms. The molecule has 1 heterocycles. The van der Waals surface area contributed by atoms with Gasteiger partial charge in [-0.3, -0.25) is 4.79 Å². The third-order valence-corrected chi connectivity index (χ3v) is 3.69. The maximum absolute atomic E-state index is 11.5. The molecular weight excluding hydrogens is 228 g/mol. The molecule has 2 N–H and O–H groups in total. The highest BCUT2D eigenvalue weighted by atomic mass is 32.2. The lowest BCUT2D eigenvalue weighted by atomic mass is 10.2. The van der Waals surface area contributed by atoms with E-state index in [1.165, 1.54) is 25.2 Å². The Labute approximate surface area is 92.2 Å². The fraction of sp³-hybridized carbons (Fsp3) is 0.100. The minimum absolute atomic E-state index is 0.176. The summed E-state index contributed by atoms with van der Waals surface area (Å²) in [4.78, 5) is 13.8. The average Bonchev–Trinajstić information content (AvgIpc) is 2.28. The van der Waals surface area contributed by atoms with Gasteiger partial charge in [-0.25, -0.2) is 13.1 Å². The van der Waals surface area contributed by atoms with E-state index >= 15 is 0 Å². The van der Waals surface area contributed by atoms with Gasteiger partial charge >= 0.3 is 0 Å². The number of sulfonamides is 1. The van der Waals surface area contributed by atoms with Crippen LogP contribution in [0, 0.1) is 0 Å². The van der Waals surface area contributed by atoms with E-state index in [9.17, 15) is 13.2 Å². The van der Waals surface area contributed by atoms with E-state index < -0.39 is 10.0 Å². The molecule has 6 heteroatoms. The van der Waals surface area contributed by atoms with Crippen molar-refractivity contribution in [1.29, 1.82) is 0 Å². The van der Waals surface area contributed by atoms with Crippen LogP contribution in [0.5, 0.6) is 0 Å². The van der Waals surface area contributed by atoms with E-state index in [0.717, 1.165) is 0 Å². The van der Waals surface area contributed by atoms with Crippen molar-refractivity contribution in [3.05, 3.63) is 40.7 Å². The van der Waals surface area contributed by atoms with Gasteiger partial charge < -0.3 is 4.98 Å². The maximum Gasteiger partial charge on any atom is 0.248 e. The second kappa shape index (κ2) is 3.73. The van der Waals surface area contributed by atoms with Crippen LogP contribution in [0.2, 0.25) is 0 Å². The number of hydrogen-bond acceptors (Lipinski definition) is 3. The van der Waals surface area contributed by atoms with E-state index in [1.54, 1.807) is 12.1 Å². The molecule has 2 aromatic rings. The molecule has 1 aromatic carbocycles. The summed E-state index contributed by atoms with van der Waals surface area (Å²) in [6.45, 7) is 0. The molecule has 1 aromatic heterocycles. The molecule has 5 nitrogen and oxygen atoms in total. The Balaban J connectivity index is 2.71. The lowest BCUT2D eigenvalue weighted by molar-refractivity contribution is 0.588. The fourth-order valence-corrected chi connectivity index (χ4v) is 2.18. The number of benzene rings is 1. The summed E-state index contributed by atoms with van der Waals surface area (Å²) in [7, 11) is -2.09. The highest BCUT2D eigenvalue weighted by Gasteiger charge is 2.11. The SMILES string of the molecule is CNS(=O)(=O)c1ccc2[nH]c(=O)ccc2c1. The van der Waals surface area contributed by atoms with Gasteiger partial charge in [0.15, 0.2) is 0 Å². The molecule has 0 saturated carbocycles. The lowest BCUT2D eigenvalue weighted by Crippen LogP contribution is -2.18. The van der Waals surface area contributed by atoms with Gasteiger partial charge in [0.1, 0.15) is 0 Å². The first-order valence-corrected chi connectivity index (χ1v) is 6.08. The van der Waals surface area contributed by atoms with E-state index in [-0.39, 0.29) is 10.5 Å². The number of aromatic amines is 1. The molecule has 0 unspecified atom stereocenters. The van der Waals surface area contributed by atoms with Crippen LogP contribution in [-0.2, 0) is 10.0 Å². The van der Waals surface area contributed by atoms with Gasteiger partial charge in [0, 0.05) is 11.6 Å². The van der Waals surface area contributed by atoms with Gasteiger partial charge in [-0.15, -0.1) is 0 Å². The Bertz CT molecular complexity index is 689. The van der Waals surface area contributed by atoms with Crippen LogP contribution in [0.25, 0.3) is 10.9 Å². The van der Waals surface area contributed by atoms with Crippen LogP contribution in [0.1, 0.15) is 0 Å². The number of fused-ring (bicyclic) bond motifs is 1. The molecular formula is C10H10N2O3S. The molecule has 2 rings (SSSR count). The Morgan fingerprint density at radius 3 is 2.62 bits per heavy atom. The van der Waals surface area contributed by atoms with Gasteiger partial charge in [0.2, 0.25) is 15.6 Å². The molecule has 0 spiro atoms. The molecule has 0 radical (unpaired) electrons. The summed E-state index contributed by atoms with van der Waals surface area (Å²) < 4.78 is 25.3. The first kappa shape index (κ1) is 10.8. The second-order valence-corrected chi connectivity index (χ2v) is 5.17. The van der Waals surface area contributed by atoms with Crippen LogP contribution in [-0.4, -0.2) is 20.4 Å². The van der Waals surface area contributed by atoms with Gasteiger partial charge in [-0.1, -0.05) is 0 Å². The molecule has 0 aliphatic carbocycles. The monoisotopic (exact) mass is 238 g/mol. The van der Waals surface area contributed by atoms with Crippen molar-refractivity contribution in [3.63, 3.8) is 0 Å². The highest BCUT2D eigenvalue weighted by Crippen LogP contribution is 2.15. The standard InChI is InChI=1S/C10H10N2O3S/c1-11-16(14,15)8-3-4-9-7(6-8)2-5-10(13)12-9/h2-6,11H,1H3,(H,12,13). The topological polar surface area (TPSA) is 79.0 Å². The molecule has 84 valence electrons. The van der Waals surface area contributed by atoms with Crippen LogP contribution in [0.15, 0.2) is 40.0 Å². The van der Waals surface area contributed by atoms with Crippen molar-refractivity contribution < 1.29 is 8.42 Å². The van der Waals surface area contributed by atoms with Gasteiger partial charge in [-0.05, 0) is 36.7 Å². The van der Waals surface area contributed by atoms with Crippen molar-refractivity contribution in [2.45, 2.75) is 4.90 Å². The van der Waals surface area contributed by atoms with Crippen molar-refractivity contribution >= 4 is 20.9 Å². The molecule has 0 aliphatic rings. The number of H-pyrrole nitrogens is 1. The normalized spacial score (nSPS) is 11.8. The van der Waals surface area contributed by atoms with Gasteiger partial charge in [-0.2, -0.15) is 0 Å². The van der Waals surface area contributed by atoms with E-state index in [1.807, 2.05) is 0 Å². The van der Waals surface area contributed by atoms with Gasteiger partial charge in [0.25, 0.3) is 0 Å². The first-order valence-electron chi connectivity index (χ1n) is 4.59. The predicted octanol–water partition coefficient (Wildman–Crippen LogP) is 0.436. The van der Waals surface area contributed by atoms with Crippen LogP contribution >= 0.6 is 0 Å². The maximum atomic E-state index is 11.5. The van der Waals surface area contributed by atoms with Crippen molar-refractivity contribution in [3.8, 4) is 0 Å². The van der Waals surface area contributed by atoms with Crippen molar-refractivity contribution in [2.75, 3.05) is 7.05 Å². The summed E-state index contributed by atoms with van der Waals surface area (Å²) in [5.41, 5.74) is 0.402. The Hall–Kier alpha value is -1.66. The molecule has 0 aliphatic heterocycles. The average molecular weight is 238 g/mol. The number of nitrogens with one attached hydrogen (secondary N) is 2. The molecule has 0 fully saturated rings. The quantitative estimate of drug-likeness (QED) is 0.796. The summed E-state index contributed by atoms with van der Waals surface area (Å²) in [5.74, 6) is 0. The predicted molar refractivity (Wildman–Crippen MR) is 60.8 cm³/mol. The molecule has 0 atom stereocenters. The Morgan fingerprint density at radius 2 is 1.94 bits per heavy atom. The zero-order chi connectivity index (χ0) is 11.8. The highest BCUT2D eigenvalue weighted by molar-refractivity contribution is 7.89. The minimum atomic E-state index is -3.44. The Kier molecular flexibility index (Phi) is 2.53. The smallest absolute Gasteiger partial charge is 0.248 e. The number of hydrogen-bond donors (Lipinski definition) is 2. The number of pyridine rings is 1. The van der Waals surface area contributed by atoms with Crippen LogP contribution < -0.4 is 10.3 Å². The third-order valence-electron chi connectivity index (χ3n) is 2.27. The molecule has 0 saturated heterocycles. The second-order valence-electron chi connectivity index (χ2n) is 3.28. The molecule has 0 bridgehead atoms. The number of rotatable bonds is 2. The summed E-state index contributed by atoms with van der Waals surface area (Å²) in [6.07, 6.45) is 0. The summed E-state index contributed by atoms with van der Waals surface area (Å²) in [6, 6.07) is 7.48. The Morgan fingerprint density at radius 1 is 1.19 bits per heavy atom. The van der Waals surface area contributed by atoms with E-state index in [0.29, 0.717) is 10.9 Å². The zero-order valence-corrected chi connectivity index (χ0v) is 9.34. The van der Waals surface area contributed by atoms with Crippen LogP contribution in [0.4, 0.5) is 0 Å². The van der Waals surface area contributed by atoms with E-state index in [2.05, 4.69) is 9.71 Å². The summed E-state index contributed by atoms with van der Waals surface area (Å²) >= 11 is 0. The first-order chi connectivity index (χ1) is 7.53. The van der Waals surface area contributed by atoms with Crippen molar-refractivity contribution in [1.82, 2.24) is 9.71 Å². The lowest BCUT2D eigenvalue weighted by Gasteiger charge is -2.03. The third kappa shape index (κ3) is 1.84. The van der Waals surface area contributed by atoms with Crippen molar-refractivity contribution in [2.24, 2.45) is 0 Å². The minimum Gasteiger partial charge on any atom is -0.322 e. The van der Waals surface area contributed by atoms with E-state index in [4.69, 9.17) is 0 Å². The molecule has 0 amide bonds. The largest absolute Gasteiger partial charge is 0.322 e. The zero-order valence-electron chi connectivity index (χ0n) is 8.52.